The Morgan fingerprint density at radius 1 is 1.53 bits per heavy atom. The van der Waals surface area contributed by atoms with Crippen LogP contribution >= 0.6 is 34.3 Å². The molecule has 0 amide bonds. The van der Waals surface area contributed by atoms with Crippen LogP contribution in [-0.4, -0.2) is 9.97 Å². The highest BCUT2D eigenvalue weighted by atomic mass is 35.5. The van der Waals surface area contributed by atoms with Gasteiger partial charge in [-0.05, 0) is 13.8 Å². The zero-order valence-electron chi connectivity index (χ0n) is 9.19. The normalized spacial score (nSPS) is 12.1. The summed E-state index contributed by atoms with van der Waals surface area (Å²) in [5.74, 6) is 0. The van der Waals surface area contributed by atoms with Gasteiger partial charge in [0, 0.05) is 11.1 Å². The number of halogens is 1. The van der Waals surface area contributed by atoms with Gasteiger partial charge < -0.3 is 5.32 Å². The van der Waals surface area contributed by atoms with E-state index >= 15 is 0 Å². The van der Waals surface area contributed by atoms with Gasteiger partial charge in [-0.15, -0.1) is 11.3 Å². The van der Waals surface area contributed by atoms with Gasteiger partial charge in [-0.3, -0.25) is 0 Å². The Bertz CT molecular complexity index is 569. The molecule has 1 unspecified atom stereocenters. The molecular formula is C10H9ClN4S2. The van der Waals surface area contributed by atoms with E-state index < -0.39 is 0 Å². The molecule has 0 aliphatic heterocycles. The molecule has 4 nitrogen and oxygen atoms in total. The van der Waals surface area contributed by atoms with Crippen molar-refractivity contribution in [2.75, 3.05) is 5.32 Å². The lowest BCUT2D eigenvalue weighted by molar-refractivity contribution is 0.867. The van der Waals surface area contributed by atoms with E-state index in [0.717, 1.165) is 5.01 Å². The second-order valence-corrected chi connectivity index (χ2v) is 6.05. The lowest BCUT2D eigenvalue weighted by Gasteiger charge is -2.08. The van der Waals surface area contributed by atoms with Crippen LogP contribution in [0.4, 0.5) is 5.13 Å². The maximum atomic E-state index is 8.78. The summed E-state index contributed by atoms with van der Waals surface area (Å²) in [5, 5.41) is 13.9. The molecular weight excluding hydrogens is 276 g/mol. The Balaban J connectivity index is 2.13. The van der Waals surface area contributed by atoms with Gasteiger partial charge in [-0.25, -0.2) is 9.97 Å². The average molecular weight is 285 g/mol. The largest absolute Gasteiger partial charge is 0.352 e. The molecule has 0 saturated heterocycles. The number of nitrogens with one attached hydrogen (secondary N) is 1. The third-order valence-corrected chi connectivity index (χ3v) is 4.41. The minimum absolute atomic E-state index is 0.0578. The molecule has 0 bridgehead atoms. The van der Waals surface area contributed by atoms with Crippen LogP contribution in [0.1, 0.15) is 27.7 Å². The van der Waals surface area contributed by atoms with Crippen molar-refractivity contribution in [2.24, 2.45) is 0 Å². The van der Waals surface area contributed by atoms with E-state index in [9.17, 15) is 0 Å². The monoisotopic (exact) mass is 284 g/mol. The lowest BCUT2D eigenvalue weighted by atomic mass is 10.4. The molecule has 0 aliphatic carbocycles. The molecule has 2 aromatic rings. The van der Waals surface area contributed by atoms with Crippen LogP contribution in [-0.2, 0) is 0 Å². The fraction of sp³-hybridized carbons (Fsp3) is 0.300. The van der Waals surface area contributed by atoms with Gasteiger partial charge in [0.05, 0.1) is 6.04 Å². The van der Waals surface area contributed by atoms with Crippen molar-refractivity contribution >= 4 is 39.4 Å². The molecule has 0 aromatic carbocycles. The van der Waals surface area contributed by atoms with Crippen LogP contribution in [0.25, 0.3) is 0 Å². The Morgan fingerprint density at radius 3 is 2.82 bits per heavy atom. The number of hydrogen-bond donors (Lipinski definition) is 1. The van der Waals surface area contributed by atoms with Crippen LogP contribution in [0.15, 0.2) is 6.20 Å². The number of aromatic nitrogens is 2. The topological polar surface area (TPSA) is 61.6 Å². The summed E-state index contributed by atoms with van der Waals surface area (Å²) < 4.78 is 0. The molecule has 0 aliphatic rings. The van der Waals surface area contributed by atoms with Gasteiger partial charge in [0.15, 0.2) is 10.3 Å². The summed E-state index contributed by atoms with van der Waals surface area (Å²) in [6, 6.07) is 2.06. The van der Waals surface area contributed by atoms with Gasteiger partial charge in [0.25, 0.3) is 0 Å². The second kappa shape index (κ2) is 5.00. The summed E-state index contributed by atoms with van der Waals surface area (Å²) in [6.07, 6.45) is 1.84. The van der Waals surface area contributed by atoms with Crippen LogP contribution in [0.5, 0.6) is 0 Å². The Labute approximate surface area is 112 Å². The van der Waals surface area contributed by atoms with Crippen LogP contribution in [0.3, 0.4) is 0 Å². The smallest absolute Gasteiger partial charge is 0.185 e. The molecule has 2 aromatic heterocycles. The predicted molar refractivity (Wildman–Crippen MR) is 70.7 cm³/mol. The molecule has 0 fully saturated rings. The van der Waals surface area contributed by atoms with Crippen LogP contribution < -0.4 is 5.32 Å². The third kappa shape index (κ3) is 2.75. The van der Waals surface area contributed by atoms with Crippen molar-refractivity contribution in [2.45, 2.75) is 19.9 Å². The van der Waals surface area contributed by atoms with E-state index in [1.807, 2.05) is 26.1 Å². The molecule has 0 saturated carbocycles. The lowest BCUT2D eigenvalue weighted by Crippen LogP contribution is -2.05. The zero-order chi connectivity index (χ0) is 12.4. The van der Waals surface area contributed by atoms with E-state index in [4.69, 9.17) is 16.9 Å². The van der Waals surface area contributed by atoms with Gasteiger partial charge in [0.2, 0.25) is 0 Å². The molecule has 88 valence electrons. The van der Waals surface area contributed by atoms with Crippen molar-refractivity contribution in [1.82, 2.24) is 9.97 Å². The Hall–Kier alpha value is -1.16. The molecule has 1 atom stereocenters. The number of aryl methyl sites for hydroxylation is 1. The van der Waals surface area contributed by atoms with Crippen molar-refractivity contribution in [3.63, 3.8) is 0 Å². The maximum Gasteiger partial charge on any atom is 0.185 e. The molecule has 0 radical (unpaired) electrons. The number of hydrogen-bond acceptors (Lipinski definition) is 6. The highest BCUT2D eigenvalue weighted by Crippen LogP contribution is 2.29. The summed E-state index contributed by atoms with van der Waals surface area (Å²) >= 11 is 8.69. The number of nitrogens with zero attached hydrogens (tertiary/aromatic N) is 3. The maximum absolute atomic E-state index is 8.78. The Morgan fingerprint density at radius 2 is 2.29 bits per heavy atom. The molecule has 1 N–H and O–H groups in total. The summed E-state index contributed by atoms with van der Waals surface area (Å²) in [7, 11) is 0. The quantitative estimate of drug-likeness (QED) is 0.935. The minimum Gasteiger partial charge on any atom is -0.352 e. The first-order valence-corrected chi connectivity index (χ1v) is 6.86. The first-order valence-electron chi connectivity index (χ1n) is 4.85. The number of anilines is 1. The standard InChI is InChI=1S/C10H9ClN4S2/c1-5-4-13-9(16-5)6(2)14-10-15-8(11)7(3-12)17-10/h4,6H,1-2H3,(H,14,15). The number of nitriles is 1. The highest BCUT2D eigenvalue weighted by molar-refractivity contribution is 7.16. The average Bonchev–Trinajstić information content (AvgIpc) is 2.85. The van der Waals surface area contributed by atoms with E-state index in [2.05, 4.69) is 15.3 Å². The van der Waals surface area contributed by atoms with Gasteiger partial charge in [-0.1, -0.05) is 22.9 Å². The van der Waals surface area contributed by atoms with Gasteiger partial charge in [-0.2, -0.15) is 5.26 Å². The van der Waals surface area contributed by atoms with E-state index in [0.29, 0.717) is 10.0 Å². The Kier molecular flexibility index (Phi) is 3.62. The first kappa shape index (κ1) is 12.3. The fourth-order valence-corrected chi connectivity index (χ4v) is 3.06. The van der Waals surface area contributed by atoms with Gasteiger partial charge >= 0.3 is 0 Å². The first-order chi connectivity index (χ1) is 8.10. The zero-order valence-corrected chi connectivity index (χ0v) is 11.6. The summed E-state index contributed by atoms with van der Waals surface area (Å²) in [6.45, 7) is 4.02. The van der Waals surface area contributed by atoms with Crippen molar-refractivity contribution in [3.05, 3.63) is 26.1 Å². The molecule has 2 rings (SSSR count). The molecule has 2 heterocycles. The summed E-state index contributed by atoms with van der Waals surface area (Å²) in [5.41, 5.74) is 0. The van der Waals surface area contributed by atoms with Crippen LogP contribution in [0, 0.1) is 18.3 Å². The van der Waals surface area contributed by atoms with E-state index in [1.165, 1.54) is 16.2 Å². The van der Waals surface area contributed by atoms with Crippen molar-refractivity contribution in [1.29, 1.82) is 5.26 Å². The highest BCUT2D eigenvalue weighted by Gasteiger charge is 2.13. The van der Waals surface area contributed by atoms with E-state index in [-0.39, 0.29) is 11.2 Å². The molecule has 0 spiro atoms. The number of thiazole rings is 2. The molecule has 17 heavy (non-hydrogen) atoms. The van der Waals surface area contributed by atoms with Crippen molar-refractivity contribution in [3.8, 4) is 6.07 Å². The predicted octanol–water partition coefficient (Wildman–Crippen LogP) is 3.61. The second-order valence-electron chi connectivity index (χ2n) is 3.43. The van der Waals surface area contributed by atoms with Crippen molar-refractivity contribution < 1.29 is 0 Å². The van der Waals surface area contributed by atoms with Gasteiger partial charge in [0.1, 0.15) is 16.0 Å². The van der Waals surface area contributed by atoms with E-state index in [1.54, 1.807) is 11.3 Å². The molecule has 7 heteroatoms. The van der Waals surface area contributed by atoms with Crippen LogP contribution in [0.2, 0.25) is 5.15 Å². The number of rotatable bonds is 3. The minimum atomic E-state index is 0.0578. The summed E-state index contributed by atoms with van der Waals surface area (Å²) in [4.78, 5) is 9.97. The SMILES string of the molecule is Cc1cnc(C(C)Nc2nc(Cl)c(C#N)s2)s1. The third-order valence-electron chi connectivity index (χ3n) is 2.04. The fourth-order valence-electron chi connectivity index (χ4n) is 1.25.